The van der Waals surface area contributed by atoms with E-state index in [1.807, 2.05) is 121 Å². The van der Waals surface area contributed by atoms with Crippen LogP contribution >= 0.6 is 14.3 Å². The summed E-state index contributed by atoms with van der Waals surface area (Å²) in [6.45, 7) is 6.84. The Morgan fingerprint density at radius 3 is 0.860 bits per heavy atom. The van der Waals surface area contributed by atoms with Gasteiger partial charge in [-0.3, -0.25) is 0 Å². The summed E-state index contributed by atoms with van der Waals surface area (Å²) in [5.41, 5.74) is 0.619. The number of carbonyl (C=O) groups excluding carboxylic acids is 2. The SMILES string of the molecule is COC1(C)Oc2ccc(P(=O)(c3ccccc3)c3ccccc3)c(-c3c(P(=O)(c4ccccc4)c4ccccc4)ccc4c3OC(C)(OC)C(C)(OC)O4)c2OC1(C)OC.O=C(O[C@@H](C(=O)O)[C@@H](OC(=O)c1ccccc1)C(=O)O)c1ccccc1. The summed E-state index contributed by atoms with van der Waals surface area (Å²) in [5, 5.41) is 21.4. The Labute approximate surface area is 496 Å². The number of esters is 2. The molecule has 4 unspecified atom stereocenters. The van der Waals surface area contributed by atoms with Crippen molar-refractivity contribution in [1.82, 2.24) is 0 Å². The average Bonchev–Trinajstić information content (AvgIpc) is 0.715. The van der Waals surface area contributed by atoms with Crippen LogP contribution < -0.4 is 50.8 Å². The smallest absolute Gasteiger partial charge is 0.349 e. The number of hydrogen-bond donors (Lipinski definition) is 2. The molecule has 20 heteroatoms. The number of carboxylic acids is 2. The molecule has 6 atom stereocenters. The van der Waals surface area contributed by atoms with Crippen molar-refractivity contribution in [3.05, 3.63) is 217 Å². The first-order chi connectivity index (χ1) is 41.2. The number of methoxy groups -OCH3 is 4. The lowest BCUT2D eigenvalue weighted by Gasteiger charge is -2.48. The topological polar surface area (TPSA) is 235 Å². The maximum Gasteiger partial charge on any atom is 0.349 e. The molecule has 2 heterocycles. The predicted molar refractivity (Wildman–Crippen MR) is 321 cm³/mol. The van der Waals surface area contributed by atoms with Gasteiger partial charge in [0.2, 0.25) is 12.2 Å². The van der Waals surface area contributed by atoms with Crippen molar-refractivity contribution >= 4 is 70.0 Å². The van der Waals surface area contributed by atoms with Gasteiger partial charge in [0.05, 0.1) is 11.1 Å². The Balaban J connectivity index is 0.000000285. The molecule has 0 amide bonds. The molecule has 18 nitrogen and oxygen atoms in total. The van der Waals surface area contributed by atoms with Crippen LogP contribution in [0.25, 0.3) is 11.1 Å². The van der Waals surface area contributed by atoms with E-state index in [0.717, 1.165) is 0 Å². The van der Waals surface area contributed by atoms with E-state index in [9.17, 15) is 29.4 Å². The van der Waals surface area contributed by atoms with E-state index in [1.54, 1.807) is 64.1 Å². The number of ether oxygens (including phenoxy) is 10. The minimum Gasteiger partial charge on any atom is -0.478 e. The first kappa shape index (κ1) is 61.7. The molecule has 0 aliphatic carbocycles. The highest BCUT2D eigenvalue weighted by molar-refractivity contribution is 7.86. The molecule has 0 spiro atoms. The van der Waals surface area contributed by atoms with Gasteiger partial charge in [-0.2, -0.15) is 0 Å². The van der Waals surface area contributed by atoms with Crippen molar-refractivity contribution in [2.45, 2.75) is 63.1 Å². The Bertz CT molecular complexity index is 3520. The van der Waals surface area contributed by atoms with Gasteiger partial charge in [0.25, 0.3) is 23.1 Å². The van der Waals surface area contributed by atoms with Crippen molar-refractivity contribution in [2.75, 3.05) is 28.4 Å². The third kappa shape index (κ3) is 11.3. The summed E-state index contributed by atoms with van der Waals surface area (Å²) in [6, 6.07) is 59.0. The zero-order valence-corrected chi connectivity index (χ0v) is 49.9. The lowest BCUT2D eigenvalue weighted by Crippen LogP contribution is -2.62. The summed E-state index contributed by atoms with van der Waals surface area (Å²) in [4.78, 5) is 46.8. The summed E-state index contributed by atoms with van der Waals surface area (Å²) in [6.07, 6.45) is -4.43. The van der Waals surface area contributed by atoms with Gasteiger partial charge < -0.3 is 66.7 Å². The molecule has 0 aromatic heterocycles. The second kappa shape index (κ2) is 25.0. The van der Waals surface area contributed by atoms with Crippen LogP contribution in [0.3, 0.4) is 0 Å². The van der Waals surface area contributed by atoms with Crippen LogP contribution in [0.1, 0.15) is 48.4 Å². The molecule has 2 aliphatic heterocycles. The Hall–Kier alpha value is -8.86. The number of carbonyl (C=O) groups is 4. The fourth-order valence-corrected chi connectivity index (χ4v) is 15.7. The van der Waals surface area contributed by atoms with Crippen LogP contribution in [0.2, 0.25) is 0 Å². The summed E-state index contributed by atoms with van der Waals surface area (Å²) in [7, 11) is -1.77. The molecular formula is C66H62O18P2. The van der Waals surface area contributed by atoms with Gasteiger partial charge in [-0.25, -0.2) is 19.2 Å². The van der Waals surface area contributed by atoms with Gasteiger partial charge in [0.1, 0.15) is 0 Å². The van der Waals surface area contributed by atoms with Crippen molar-refractivity contribution in [1.29, 1.82) is 0 Å². The molecule has 0 bridgehead atoms. The van der Waals surface area contributed by atoms with Crippen LogP contribution in [0.4, 0.5) is 0 Å². The lowest BCUT2D eigenvalue weighted by atomic mass is 9.98. The third-order valence-electron chi connectivity index (χ3n) is 15.3. The van der Waals surface area contributed by atoms with Gasteiger partial charge in [0.15, 0.2) is 37.3 Å². The summed E-state index contributed by atoms with van der Waals surface area (Å²) >= 11 is 0. The highest BCUT2D eigenvalue weighted by atomic mass is 31.2. The van der Waals surface area contributed by atoms with E-state index in [4.69, 9.17) is 47.4 Å². The highest BCUT2D eigenvalue weighted by Crippen LogP contribution is 2.60. The monoisotopic (exact) mass is 1200 g/mol. The first-order valence-electron chi connectivity index (χ1n) is 26.9. The molecule has 0 saturated carbocycles. The summed E-state index contributed by atoms with van der Waals surface area (Å²) < 4.78 is 94.6. The Morgan fingerprint density at radius 2 is 0.616 bits per heavy atom. The number of hydrogen-bond acceptors (Lipinski definition) is 16. The maximum absolute atomic E-state index is 16.8. The van der Waals surface area contributed by atoms with Gasteiger partial charge >= 0.3 is 23.9 Å². The zero-order valence-electron chi connectivity index (χ0n) is 48.1. The molecule has 2 N–H and O–H groups in total. The van der Waals surface area contributed by atoms with Gasteiger partial charge in [0, 0.05) is 99.1 Å². The standard InChI is InChI=1S/C48H48O10P2.C18H14O8/c1-45(51-5)47(3,53-7)57-43-37(55-45)29-31-39(59(49,33-21-13-9-14-22-33)34-23-15-10-16-24-34)41(43)42-40(32-30-38-44(42)58-48(4,54-8)46(2,52-6)56-38)60(50,35-25-17-11-18-26-35)36-27-19-12-20-28-36;19-15(20)13(25-17(23)11-7-3-1-4-8-11)14(16(21)22)26-18(24)12-9-5-2-6-10-12/h9-32H,1-8H3;1-10,13-14H,(H,19,20)(H,21,22)/t;13-,14-/m.1/s1. The van der Waals surface area contributed by atoms with Crippen LogP contribution in [0, 0.1) is 0 Å². The zero-order chi connectivity index (χ0) is 61.7. The first-order valence-corrected chi connectivity index (χ1v) is 30.3. The molecule has 86 heavy (non-hydrogen) atoms. The van der Waals surface area contributed by atoms with E-state index in [0.29, 0.717) is 31.8 Å². The van der Waals surface area contributed by atoms with E-state index < -0.39 is 73.5 Å². The molecule has 0 radical (unpaired) electrons. The fourth-order valence-electron chi connectivity index (χ4n) is 9.97. The predicted octanol–water partition coefficient (Wildman–Crippen LogP) is 9.23. The lowest BCUT2D eigenvalue weighted by molar-refractivity contribution is -0.345. The number of rotatable bonds is 18. The van der Waals surface area contributed by atoms with Crippen LogP contribution in [0.15, 0.2) is 206 Å². The number of fused-ring (bicyclic) bond motifs is 2. The minimum absolute atomic E-state index is 0.0253. The maximum atomic E-state index is 16.8. The van der Waals surface area contributed by atoms with E-state index in [2.05, 4.69) is 0 Å². The van der Waals surface area contributed by atoms with E-state index in [1.165, 1.54) is 77.0 Å². The molecule has 0 fully saturated rings. The molecule has 10 rings (SSSR count). The molecule has 8 aromatic rings. The second-order valence-corrected chi connectivity index (χ2v) is 25.7. The molecule has 0 saturated heterocycles. The number of aliphatic carboxylic acids is 2. The Morgan fingerprint density at radius 1 is 0.372 bits per heavy atom. The quantitative estimate of drug-likeness (QED) is 0.0601. The normalized spacial score (nSPS) is 20.2. The molecular weight excluding hydrogens is 1140 g/mol. The van der Waals surface area contributed by atoms with E-state index in [-0.39, 0.29) is 45.3 Å². The van der Waals surface area contributed by atoms with E-state index >= 15 is 9.13 Å². The molecule has 2 aliphatic rings. The van der Waals surface area contributed by atoms with Crippen LogP contribution in [-0.4, -0.2) is 97.9 Å². The highest BCUT2D eigenvalue weighted by Gasteiger charge is 2.58. The molecule has 444 valence electrons. The van der Waals surface area contributed by atoms with Crippen molar-refractivity contribution in [3.63, 3.8) is 0 Å². The van der Waals surface area contributed by atoms with Gasteiger partial charge in [-0.15, -0.1) is 0 Å². The second-order valence-electron chi connectivity index (χ2n) is 20.2. The Kier molecular flexibility index (Phi) is 17.9. The van der Waals surface area contributed by atoms with Crippen LogP contribution in [0.5, 0.6) is 23.0 Å². The van der Waals surface area contributed by atoms with Crippen LogP contribution in [-0.2, 0) is 47.1 Å². The van der Waals surface area contributed by atoms with Gasteiger partial charge in [-0.05, 0) is 48.5 Å². The third-order valence-corrected chi connectivity index (χ3v) is 21.5. The minimum atomic E-state index is -3.89. The average molecular weight is 1210 g/mol. The summed E-state index contributed by atoms with van der Waals surface area (Å²) in [5.74, 6) is -10.9. The largest absolute Gasteiger partial charge is 0.478 e. The number of benzene rings is 8. The van der Waals surface area contributed by atoms with Crippen molar-refractivity contribution in [3.8, 4) is 34.1 Å². The fraction of sp³-hybridized carbons (Fsp3) is 0.212. The van der Waals surface area contributed by atoms with Crippen molar-refractivity contribution < 1.29 is 85.9 Å². The van der Waals surface area contributed by atoms with Gasteiger partial charge in [-0.1, -0.05) is 158 Å². The molecule has 8 aromatic carbocycles. The van der Waals surface area contributed by atoms with Crippen molar-refractivity contribution in [2.24, 2.45) is 0 Å². The number of carboxylic acid groups (broad SMARTS) is 2.